The largest absolute Gasteiger partial charge is 0.372 e. The second-order valence-electron chi connectivity index (χ2n) is 7.96. The van der Waals surface area contributed by atoms with Crippen molar-refractivity contribution < 1.29 is 4.79 Å². The maximum atomic E-state index is 12.9. The van der Waals surface area contributed by atoms with Crippen LogP contribution in [0, 0.1) is 12.8 Å². The molecule has 1 aromatic heterocycles. The van der Waals surface area contributed by atoms with Gasteiger partial charge in [-0.05, 0) is 69.2 Å². The smallest absolute Gasteiger partial charge is 0.253 e. The van der Waals surface area contributed by atoms with Crippen LogP contribution in [0.4, 0.5) is 5.69 Å². The molecule has 2 saturated heterocycles. The van der Waals surface area contributed by atoms with E-state index in [-0.39, 0.29) is 5.91 Å². The number of anilines is 1. The van der Waals surface area contributed by atoms with Gasteiger partial charge in [-0.15, -0.1) is 0 Å². The summed E-state index contributed by atoms with van der Waals surface area (Å²) >= 11 is 0. The number of aryl methyl sites for hydroxylation is 1. The van der Waals surface area contributed by atoms with E-state index in [1.54, 1.807) is 0 Å². The Balaban J connectivity index is 1.31. The number of carbonyl (C=O) groups is 1. The van der Waals surface area contributed by atoms with Crippen LogP contribution in [0.3, 0.4) is 0 Å². The molecule has 0 atom stereocenters. The van der Waals surface area contributed by atoms with Crippen LogP contribution < -0.4 is 4.90 Å². The molecule has 0 radical (unpaired) electrons. The van der Waals surface area contributed by atoms with Crippen molar-refractivity contribution in [3.8, 4) is 0 Å². The number of carbonyl (C=O) groups excluding carboxylic acids is 1. The summed E-state index contributed by atoms with van der Waals surface area (Å²) in [4.78, 5) is 21.6. The van der Waals surface area contributed by atoms with Gasteiger partial charge in [0.2, 0.25) is 0 Å². The molecular formula is C22H30N4O. The molecule has 0 aliphatic carbocycles. The van der Waals surface area contributed by atoms with E-state index in [4.69, 9.17) is 0 Å². The predicted molar refractivity (Wildman–Crippen MR) is 108 cm³/mol. The summed E-state index contributed by atoms with van der Waals surface area (Å²) in [6.45, 7) is 7.04. The van der Waals surface area contributed by atoms with Crippen LogP contribution in [-0.4, -0.2) is 46.5 Å². The molecule has 0 N–H and O–H groups in total. The molecule has 5 heteroatoms. The van der Waals surface area contributed by atoms with E-state index in [0.29, 0.717) is 5.92 Å². The van der Waals surface area contributed by atoms with Crippen LogP contribution in [0.25, 0.3) is 0 Å². The fourth-order valence-corrected chi connectivity index (χ4v) is 4.34. The molecule has 2 aliphatic rings. The van der Waals surface area contributed by atoms with Crippen molar-refractivity contribution >= 4 is 11.6 Å². The quantitative estimate of drug-likeness (QED) is 0.828. The lowest BCUT2D eigenvalue weighted by atomic mass is 9.96. The predicted octanol–water partition coefficient (Wildman–Crippen LogP) is 3.73. The molecule has 3 heterocycles. The van der Waals surface area contributed by atoms with Crippen LogP contribution in [0.2, 0.25) is 0 Å². The summed E-state index contributed by atoms with van der Waals surface area (Å²) < 4.78 is 2.22. The summed E-state index contributed by atoms with van der Waals surface area (Å²) in [6.07, 6.45) is 9.93. The molecule has 0 saturated carbocycles. The average Bonchev–Trinajstić information content (AvgIpc) is 3.13. The lowest BCUT2D eigenvalue weighted by Crippen LogP contribution is -2.39. The fourth-order valence-electron chi connectivity index (χ4n) is 4.34. The summed E-state index contributed by atoms with van der Waals surface area (Å²) in [7, 11) is 0. The monoisotopic (exact) mass is 366 g/mol. The highest BCUT2D eigenvalue weighted by Gasteiger charge is 2.24. The first-order valence-corrected chi connectivity index (χ1v) is 10.3. The third-order valence-electron chi connectivity index (χ3n) is 6.12. The molecule has 2 aromatic rings. The van der Waals surface area contributed by atoms with Crippen LogP contribution in [0.5, 0.6) is 0 Å². The van der Waals surface area contributed by atoms with Gasteiger partial charge in [0.1, 0.15) is 5.82 Å². The van der Waals surface area contributed by atoms with Crippen molar-refractivity contribution in [3.05, 3.63) is 48.0 Å². The van der Waals surface area contributed by atoms with Crippen molar-refractivity contribution in [1.29, 1.82) is 0 Å². The van der Waals surface area contributed by atoms with Crippen molar-refractivity contribution in [2.24, 2.45) is 5.92 Å². The third kappa shape index (κ3) is 4.18. The Labute approximate surface area is 162 Å². The highest BCUT2D eigenvalue weighted by molar-refractivity contribution is 5.94. The standard InChI is InChI=1S/C22H30N4O/c1-18-23-11-16-26(18)17-19-9-14-25(15-10-19)22(27)20-5-7-21(8-6-20)24-12-3-2-4-13-24/h5-8,11,16,19H,2-4,9-10,12-15,17H2,1H3. The number of hydrogen-bond acceptors (Lipinski definition) is 3. The van der Waals surface area contributed by atoms with E-state index in [0.717, 1.165) is 57.0 Å². The van der Waals surface area contributed by atoms with Gasteiger partial charge in [0.25, 0.3) is 5.91 Å². The van der Waals surface area contributed by atoms with Gasteiger partial charge in [-0.3, -0.25) is 4.79 Å². The number of aromatic nitrogens is 2. The molecule has 2 aliphatic heterocycles. The minimum absolute atomic E-state index is 0.178. The second kappa shape index (κ2) is 8.15. The number of likely N-dealkylation sites (tertiary alicyclic amines) is 1. The van der Waals surface area contributed by atoms with Crippen LogP contribution >= 0.6 is 0 Å². The first kappa shape index (κ1) is 18.1. The summed E-state index contributed by atoms with van der Waals surface area (Å²) in [5, 5.41) is 0. The molecule has 144 valence electrons. The number of benzene rings is 1. The number of rotatable bonds is 4. The lowest BCUT2D eigenvalue weighted by Gasteiger charge is -2.32. The Morgan fingerprint density at radius 1 is 1.04 bits per heavy atom. The zero-order chi connectivity index (χ0) is 18.6. The maximum absolute atomic E-state index is 12.9. The minimum atomic E-state index is 0.178. The maximum Gasteiger partial charge on any atom is 0.253 e. The van der Waals surface area contributed by atoms with Gasteiger partial charge in [-0.2, -0.15) is 0 Å². The van der Waals surface area contributed by atoms with Gasteiger partial charge in [-0.1, -0.05) is 0 Å². The molecule has 0 bridgehead atoms. The van der Waals surface area contributed by atoms with Gasteiger partial charge in [-0.25, -0.2) is 4.98 Å². The van der Waals surface area contributed by atoms with Crippen LogP contribution in [-0.2, 0) is 6.54 Å². The van der Waals surface area contributed by atoms with Crippen LogP contribution in [0.1, 0.15) is 48.3 Å². The van der Waals surface area contributed by atoms with E-state index >= 15 is 0 Å². The van der Waals surface area contributed by atoms with E-state index in [2.05, 4.69) is 32.8 Å². The number of nitrogens with zero attached hydrogens (tertiary/aromatic N) is 4. The second-order valence-corrected chi connectivity index (χ2v) is 7.96. The van der Waals surface area contributed by atoms with Gasteiger partial charge in [0.15, 0.2) is 0 Å². The molecule has 1 amide bonds. The SMILES string of the molecule is Cc1nccn1CC1CCN(C(=O)c2ccc(N3CCCCC3)cc2)CC1. The molecule has 27 heavy (non-hydrogen) atoms. The Morgan fingerprint density at radius 3 is 2.37 bits per heavy atom. The Hall–Kier alpha value is -2.30. The Kier molecular flexibility index (Phi) is 5.46. The average molecular weight is 367 g/mol. The highest BCUT2D eigenvalue weighted by atomic mass is 16.2. The topological polar surface area (TPSA) is 41.4 Å². The summed E-state index contributed by atoms with van der Waals surface area (Å²) in [6, 6.07) is 8.25. The van der Waals surface area contributed by atoms with Crippen molar-refractivity contribution in [1.82, 2.24) is 14.5 Å². The molecule has 0 spiro atoms. The van der Waals surface area contributed by atoms with Crippen molar-refractivity contribution in [2.45, 2.75) is 45.6 Å². The number of piperidine rings is 2. The molecule has 1 aromatic carbocycles. The molecule has 4 rings (SSSR count). The fraction of sp³-hybridized carbons (Fsp3) is 0.545. The van der Waals surface area contributed by atoms with Gasteiger partial charge in [0, 0.05) is 56.4 Å². The number of amides is 1. The number of hydrogen-bond donors (Lipinski definition) is 0. The van der Waals surface area contributed by atoms with Gasteiger partial charge < -0.3 is 14.4 Å². The zero-order valence-corrected chi connectivity index (χ0v) is 16.3. The van der Waals surface area contributed by atoms with E-state index < -0.39 is 0 Å². The van der Waals surface area contributed by atoms with E-state index in [1.807, 2.05) is 30.2 Å². The molecule has 0 unspecified atom stereocenters. The molecule has 5 nitrogen and oxygen atoms in total. The van der Waals surface area contributed by atoms with Crippen molar-refractivity contribution in [2.75, 3.05) is 31.1 Å². The summed E-state index contributed by atoms with van der Waals surface area (Å²) in [5.74, 6) is 1.88. The Bertz CT molecular complexity index is 753. The van der Waals surface area contributed by atoms with E-state index in [9.17, 15) is 4.79 Å². The number of imidazole rings is 1. The Morgan fingerprint density at radius 2 is 1.74 bits per heavy atom. The third-order valence-corrected chi connectivity index (χ3v) is 6.12. The molecule has 2 fully saturated rings. The summed E-state index contributed by atoms with van der Waals surface area (Å²) in [5.41, 5.74) is 2.07. The lowest BCUT2D eigenvalue weighted by molar-refractivity contribution is 0.0682. The van der Waals surface area contributed by atoms with Crippen LogP contribution in [0.15, 0.2) is 36.7 Å². The highest BCUT2D eigenvalue weighted by Crippen LogP contribution is 2.23. The van der Waals surface area contributed by atoms with Crippen molar-refractivity contribution in [3.63, 3.8) is 0 Å². The van der Waals surface area contributed by atoms with Gasteiger partial charge >= 0.3 is 0 Å². The first-order chi connectivity index (χ1) is 13.2. The minimum Gasteiger partial charge on any atom is -0.372 e. The van der Waals surface area contributed by atoms with E-state index in [1.165, 1.54) is 24.9 Å². The van der Waals surface area contributed by atoms with Gasteiger partial charge in [0.05, 0.1) is 0 Å². The molecular weight excluding hydrogens is 336 g/mol. The zero-order valence-electron chi connectivity index (χ0n) is 16.3. The normalized spacial score (nSPS) is 18.7. The first-order valence-electron chi connectivity index (χ1n) is 10.3.